The van der Waals surface area contributed by atoms with Crippen LogP contribution in [0, 0.1) is 11.7 Å². The highest BCUT2D eigenvalue weighted by molar-refractivity contribution is 5.96. The minimum Gasteiger partial charge on any atom is -0.352 e. The van der Waals surface area contributed by atoms with Crippen molar-refractivity contribution in [2.24, 2.45) is 5.92 Å². The van der Waals surface area contributed by atoms with Gasteiger partial charge >= 0.3 is 0 Å². The second kappa shape index (κ2) is 3.56. The molecule has 0 aliphatic carbocycles. The second-order valence-corrected chi connectivity index (χ2v) is 4.44. The lowest BCUT2D eigenvalue weighted by molar-refractivity contribution is 0.0948. The SMILES string of the molecule is O=C1NCC2CNCC2c2cccc(F)c21. The Balaban J connectivity index is 2.16. The van der Waals surface area contributed by atoms with Crippen LogP contribution in [0.3, 0.4) is 0 Å². The first-order chi connectivity index (χ1) is 7.77. The first-order valence-electron chi connectivity index (χ1n) is 5.54. The van der Waals surface area contributed by atoms with Crippen LogP contribution in [0.2, 0.25) is 0 Å². The number of hydrogen-bond donors (Lipinski definition) is 2. The van der Waals surface area contributed by atoms with Gasteiger partial charge in [-0.25, -0.2) is 4.39 Å². The Morgan fingerprint density at radius 2 is 2.12 bits per heavy atom. The van der Waals surface area contributed by atoms with Gasteiger partial charge in [-0.05, 0) is 17.5 Å². The molecule has 1 aromatic carbocycles. The summed E-state index contributed by atoms with van der Waals surface area (Å²) in [4.78, 5) is 11.8. The molecule has 3 nitrogen and oxygen atoms in total. The average molecular weight is 220 g/mol. The van der Waals surface area contributed by atoms with Gasteiger partial charge in [0.05, 0.1) is 5.56 Å². The van der Waals surface area contributed by atoms with Crippen LogP contribution in [0.25, 0.3) is 0 Å². The predicted octanol–water partition coefficient (Wildman–Crippen LogP) is 0.872. The lowest BCUT2D eigenvalue weighted by atomic mass is 9.87. The molecule has 2 N–H and O–H groups in total. The molecule has 1 aromatic rings. The maximum Gasteiger partial charge on any atom is 0.254 e. The number of halogens is 1. The molecule has 2 atom stereocenters. The van der Waals surface area contributed by atoms with Gasteiger partial charge in [-0.15, -0.1) is 0 Å². The van der Waals surface area contributed by atoms with Crippen molar-refractivity contribution >= 4 is 5.91 Å². The minimum absolute atomic E-state index is 0.235. The third-order valence-corrected chi connectivity index (χ3v) is 3.54. The number of nitrogens with one attached hydrogen (secondary N) is 2. The van der Waals surface area contributed by atoms with Gasteiger partial charge in [-0.2, -0.15) is 0 Å². The molecule has 2 aliphatic rings. The lowest BCUT2D eigenvalue weighted by Gasteiger charge is -2.15. The summed E-state index contributed by atoms with van der Waals surface area (Å²) in [7, 11) is 0. The van der Waals surface area contributed by atoms with Crippen molar-refractivity contribution in [3.8, 4) is 0 Å². The van der Waals surface area contributed by atoms with Crippen molar-refractivity contribution in [1.29, 1.82) is 0 Å². The summed E-state index contributed by atoms with van der Waals surface area (Å²) >= 11 is 0. The van der Waals surface area contributed by atoms with E-state index in [1.807, 2.05) is 6.07 Å². The molecule has 1 fully saturated rings. The number of hydrogen-bond acceptors (Lipinski definition) is 2. The topological polar surface area (TPSA) is 41.1 Å². The number of fused-ring (bicyclic) bond motifs is 3. The fraction of sp³-hybridized carbons (Fsp3) is 0.417. The summed E-state index contributed by atoms with van der Waals surface area (Å²) < 4.78 is 13.7. The fourth-order valence-electron chi connectivity index (χ4n) is 2.71. The molecule has 16 heavy (non-hydrogen) atoms. The van der Waals surface area contributed by atoms with E-state index in [9.17, 15) is 9.18 Å². The van der Waals surface area contributed by atoms with Crippen molar-refractivity contribution < 1.29 is 9.18 Å². The molecule has 3 rings (SSSR count). The van der Waals surface area contributed by atoms with E-state index in [1.54, 1.807) is 6.07 Å². The predicted molar refractivity (Wildman–Crippen MR) is 57.8 cm³/mol. The highest BCUT2D eigenvalue weighted by Gasteiger charge is 2.35. The third-order valence-electron chi connectivity index (χ3n) is 3.54. The first kappa shape index (κ1) is 9.78. The largest absolute Gasteiger partial charge is 0.352 e. The van der Waals surface area contributed by atoms with Crippen LogP contribution in [0.4, 0.5) is 4.39 Å². The highest BCUT2D eigenvalue weighted by atomic mass is 19.1. The quantitative estimate of drug-likeness (QED) is 0.681. The Kier molecular flexibility index (Phi) is 2.17. The number of amides is 1. The van der Waals surface area contributed by atoms with E-state index in [0.29, 0.717) is 12.5 Å². The molecule has 2 heterocycles. The van der Waals surface area contributed by atoms with Crippen LogP contribution >= 0.6 is 0 Å². The molecule has 1 saturated heterocycles. The Morgan fingerprint density at radius 1 is 1.25 bits per heavy atom. The number of carbonyl (C=O) groups excluding carboxylic acids is 1. The van der Waals surface area contributed by atoms with Gasteiger partial charge in [0, 0.05) is 25.6 Å². The molecule has 0 aromatic heterocycles. The molecule has 4 heteroatoms. The zero-order chi connectivity index (χ0) is 11.1. The van der Waals surface area contributed by atoms with Crippen molar-refractivity contribution in [1.82, 2.24) is 10.6 Å². The molecule has 1 amide bonds. The summed E-state index contributed by atoms with van der Waals surface area (Å²) in [5.41, 5.74) is 1.09. The van der Waals surface area contributed by atoms with E-state index in [-0.39, 0.29) is 17.4 Å². The molecule has 2 aliphatic heterocycles. The van der Waals surface area contributed by atoms with Crippen LogP contribution in [-0.4, -0.2) is 25.5 Å². The molecule has 0 radical (unpaired) electrons. The Labute approximate surface area is 93.0 Å². The highest BCUT2D eigenvalue weighted by Crippen LogP contribution is 2.33. The van der Waals surface area contributed by atoms with E-state index in [2.05, 4.69) is 10.6 Å². The standard InChI is InChI=1S/C12H13FN2O/c13-10-3-1-2-8-9-6-14-4-7(9)5-15-12(16)11(8)10/h1-3,7,9,14H,4-6H2,(H,15,16). The Hall–Kier alpha value is -1.42. The van der Waals surface area contributed by atoms with Gasteiger partial charge in [0.1, 0.15) is 5.82 Å². The number of rotatable bonds is 0. The van der Waals surface area contributed by atoms with E-state index >= 15 is 0 Å². The zero-order valence-electron chi connectivity index (χ0n) is 8.79. The van der Waals surface area contributed by atoms with Crippen LogP contribution in [0.1, 0.15) is 21.8 Å². The maximum atomic E-state index is 13.7. The van der Waals surface area contributed by atoms with Gasteiger partial charge in [0.15, 0.2) is 0 Å². The molecular formula is C12H13FN2O. The monoisotopic (exact) mass is 220 g/mol. The normalized spacial score (nSPS) is 27.9. The van der Waals surface area contributed by atoms with E-state index < -0.39 is 5.82 Å². The third kappa shape index (κ3) is 1.33. The summed E-state index contributed by atoms with van der Waals surface area (Å²) in [6.45, 7) is 2.35. The van der Waals surface area contributed by atoms with E-state index in [1.165, 1.54) is 6.07 Å². The van der Waals surface area contributed by atoms with Crippen molar-refractivity contribution in [3.63, 3.8) is 0 Å². The zero-order valence-corrected chi connectivity index (χ0v) is 8.79. The van der Waals surface area contributed by atoms with E-state index in [4.69, 9.17) is 0 Å². The minimum atomic E-state index is -0.414. The average Bonchev–Trinajstić information content (AvgIpc) is 2.69. The summed E-state index contributed by atoms with van der Waals surface area (Å²) in [5, 5.41) is 6.09. The van der Waals surface area contributed by atoms with Crippen LogP contribution < -0.4 is 10.6 Å². The van der Waals surface area contributed by atoms with Gasteiger partial charge in [-0.1, -0.05) is 12.1 Å². The number of carbonyl (C=O) groups is 1. The number of benzene rings is 1. The summed E-state index contributed by atoms with van der Waals surface area (Å²) in [6.07, 6.45) is 0. The summed E-state index contributed by atoms with van der Waals surface area (Å²) in [5.74, 6) is -0.0540. The van der Waals surface area contributed by atoms with Crippen LogP contribution in [0.15, 0.2) is 18.2 Å². The molecule has 0 saturated carbocycles. The Bertz CT molecular complexity index is 447. The molecule has 0 bridgehead atoms. The van der Waals surface area contributed by atoms with Crippen LogP contribution in [0.5, 0.6) is 0 Å². The van der Waals surface area contributed by atoms with Crippen molar-refractivity contribution in [2.45, 2.75) is 5.92 Å². The van der Waals surface area contributed by atoms with Gasteiger partial charge in [0.2, 0.25) is 0 Å². The van der Waals surface area contributed by atoms with Gasteiger partial charge in [0.25, 0.3) is 5.91 Å². The van der Waals surface area contributed by atoms with Crippen molar-refractivity contribution in [3.05, 3.63) is 35.1 Å². The molecule has 2 unspecified atom stereocenters. The first-order valence-corrected chi connectivity index (χ1v) is 5.54. The van der Waals surface area contributed by atoms with Gasteiger partial charge in [-0.3, -0.25) is 4.79 Å². The lowest BCUT2D eigenvalue weighted by Crippen LogP contribution is -2.29. The van der Waals surface area contributed by atoms with Crippen molar-refractivity contribution in [2.75, 3.05) is 19.6 Å². The second-order valence-electron chi connectivity index (χ2n) is 4.44. The fourth-order valence-corrected chi connectivity index (χ4v) is 2.71. The molecular weight excluding hydrogens is 207 g/mol. The smallest absolute Gasteiger partial charge is 0.254 e. The summed E-state index contributed by atoms with van der Waals surface area (Å²) in [6, 6.07) is 4.90. The maximum absolute atomic E-state index is 13.7. The van der Waals surface area contributed by atoms with Crippen LogP contribution in [-0.2, 0) is 0 Å². The Morgan fingerprint density at radius 3 is 3.00 bits per heavy atom. The molecule has 84 valence electrons. The van der Waals surface area contributed by atoms with Gasteiger partial charge < -0.3 is 10.6 Å². The molecule has 0 spiro atoms. The van der Waals surface area contributed by atoms with E-state index in [0.717, 1.165) is 18.7 Å².